The fourth-order valence-corrected chi connectivity index (χ4v) is 5.16. The van der Waals surface area contributed by atoms with Crippen molar-refractivity contribution >= 4 is 29.1 Å². The van der Waals surface area contributed by atoms with Crippen LogP contribution in [-0.2, 0) is 4.79 Å². The Bertz CT molecular complexity index is 1190. The van der Waals surface area contributed by atoms with Gasteiger partial charge in [0.15, 0.2) is 5.01 Å². The number of hydrogen-bond donors (Lipinski definition) is 0. The molecule has 2 aliphatic rings. The Morgan fingerprint density at radius 1 is 1.00 bits per heavy atom. The largest absolute Gasteiger partial charge is 0.340 e. The van der Waals surface area contributed by atoms with Gasteiger partial charge >= 0.3 is 0 Å². The first-order valence-electron chi connectivity index (χ1n) is 10.3. The number of aromatic nitrogens is 2. The number of amides is 3. The predicted octanol–water partition coefficient (Wildman–Crippen LogP) is 3.35. The molecule has 0 radical (unpaired) electrons. The number of carbonyl (C=O) groups is 3. The normalized spacial score (nSPS) is 18.2. The molecule has 1 aromatic heterocycles. The second-order valence-corrected chi connectivity index (χ2v) is 8.86. The average Bonchev–Trinajstić information content (AvgIpc) is 3.40. The molecule has 0 aliphatic carbocycles. The zero-order valence-electron chi connectivity index (χ0n) is 17.0. The second kappa shape index (κ2) is 8.23. The summed E-state index contributed by atoms with van der Waals surface area (Å²) in [5, 5.41) is 9.66. The lowest BCUT2D eigenvalue weighted by atomic mass is 9.99. The number of halogens is 1. The zero-order chi connectivity index (χ0) is 22.2. The van der Waals surface area contributed by atoms with Gasteiger partial charge in [-0.25, -0.2) is 4.39 Å². The Morgan fingerprint density at radius 2 is 1.66 bits per heavy atom. The summed E-state index contributed by atoms with van der Waals surface area (Å²) < 4.78 is 14.1. The van der Waals surface area contributed by atoms with Gasteiger partial charge in [0.25, 0.3) is 11.8 Å². The van der Waals surface area contributed by atoms with Crippen LogP contribution in [0, 0.1) is 5.82 Å². The number of nitrogens with zero attached hydrogens (tertiary/aromatic N) is 4. The molecule has 0 bridgehead atoms. The van der Waals surface area contributed by atoms with Crippen molar-refractivity contribution in [2.75, 3.05) is 19.6 Å². The van der Waals surface area contributed by atoms with Crippen LogP contribution in [0.15, 0.2) is 48.5 Å². The van der Waals surface area contributed by atoms with Crippen molar-refractivity contribution in [2.45, 2.75) is 18.8 Å². The molecule has 3 amide bonds. The van der Waals surface area contributed by atoms with Crippen molar-refractivity contribution in [1.82, 2.24) is 20.0 Å². The summed E-state index contributed by atoms with van der Waals surface area (Å²) in [5.41, 5.74) is 1.07. The monoisotopic (exact) mass is 450 g/mol. The first kappa shape index (κ1) is 20.4. The van der Waals surface area contributed by atoms with E-state index in [1.54, 1.807) is 47.4 Å². The van der Waals surface area contributed by atoms with E-state index in [4.69, 9.17) is 0 Å². The van der Waals surface area contributed by atoms with Gasteiger partial charge in [-0.3, -0.25) is 19.3 Å². The lowest BCUT2D eigenvalue weighted by Crippen LogP contribution is -2.46. The first-order valence-corrected chi connectivity index (χ1v) is 11.2. The SMILES string of the molecule is O=C(CN1C(=O)c2ccccc2C1=O)N1CCCC(c2nnc(-c3ccccc3F)s2)C1. The molecule has 0 N–H and O–H groups in total. The number of likely N-dealkylation sites (tertiary alicyclic amines) is 1. The number of rotatable bonds is 4. The van der Waals surface area contributed by atoms with E-state index in [-0.39, 0.29) is 24.2 Å². The standard InChI is InChI=1S/C23H19FN4O3S/c24-18-10-4-3-9-17(18)21-26-25-20(32-21)14-6-5-11-27(12-14)19(29)13-28-22(30)15-7-1-2-8-16(15)23(28)31/h1-4,7-10,14H,5-6,11-13H2. The Balaban J connectivity index is 1.28. The molecule has 32 heavy (non-hydrogen) atoms. The molecule has 162 valence electrons. The highest BCUT2D eigenvalue weighted by Gasteiger charge is 2.38. The minimum absolute atomic E-state index is 0.0205. The zero-order valence-corrected chi connectivity index (χ0v) is 17.8. The van der Waals surface area contributed by atoms with Gasteiger partial charge in [-0.1, -0.05) is 35.6 Å². The van der Waals surface area contributed by atoms with Crippen LogP contribution in [0.25, 0.3) is 10.6 Å². The highest BCUT2D eigenvalue weighted by molar-refractivity contribution is 7.14. The van der Waals surface area contributed by atoms with E-state index in [1.807, 2.05) is 0 Å². The third-order valence-electron chi connectivity index (χ3n) is 5.84. The topological polar surface area (TPSA) is 83.5 Å². The van der Waals surface area contributed by atoms with E-state index in [0.29, 0.717) is 34.8 Å². The number of fused-ring (bicyclic) bond motifs is 1. The molecule has 1 fully saturated rings. The van der Waals surface area contributed by atoms with E-state index in [2.05, 4.69) is 10.2 Å². The highest BCUT2D eigenvalue weighted by atomic mass is 32.1. The smallest absolute Gasteiger partial charge is 0.262 e. The maximum atomic E-state index is 14.1. The van der Waals surface area contributed by atoms with Gasteiger partial charge in [-0.15, -0.1) is 10.2 Å². The number of benzene rings is 2. The molecule has 0 saturated carbocycles. The third kappa shape index (κ3) is 3.58. The third-order valence-corrected chi connectivity index (χ3v) is 6.96. The molecule has 9 heteroatoms. The van der Waals surface area contributed by atoms with Gasteiger partial charge in [0.2, 0.25) is 5.91 Å². The molecule has 7 nitrogen and oxygen atoms in total. The van der Waals surface area contributed by atoms with Crippen molar-refractivity contribution in [3.05, 3.63) is 70.5 Å². The van der Waals surface area contributed by atoms with Crippen LogP contribution in [0.4, 0.5) is 4.39 Å². The summed E-state index contributed by atoms with van der Waals surface area (Å²) >= 11 is 1.33. The Labute approximate surface area is 187 Å². The van der Waals surface area contributed by atoms with Crippen LogP contribution < -0.4 is 0 Å². The lowest BCUT2D eigenvalue weighted by molar-refractivity contribution is -0.132. The van der Waals surface area contributed by atoms with Gasteiger partial charge in [0, 0.05) is 24.6 Å². The average molecular weight is 450 g/mol. The number of carbonyl (C=O) groups excluding carboxylic acids is 3. The van der Waals surface area contributed by atoms with Crippen molar-refractivity contribution in [3.8, 4) is 10.6 Å². The summed E-state index contributed by atoms with van der Waals surface area (Å²) in [6.07, 6.45) is 1.61. The Hall–Kier alpha value is -3.46. The number of imide groups is 1. The van der Waals surface area contributed by atoms with E-state index in [1.165, 1.54) is 17.4 Å². The van der Waals surface area contributed by atoms with E-state index >= 15 is 0 Å². The quantitative estimate of drug-likeness (QED) is 0.570. The Kier molecular flexibility index (Phi) is 5.26. The Morgan fingerprint density at radius 3 is 2.34 bits per heavy atom. The fourth-order valence-electron chi connectivity index (χ4n) is 4.17. The number of piperidine rings is 1. The van der Waals surface area contributed by atoms with Crippen LogP contribution in [0.2, 0.25) is 0 Å². The fraction of sp³-hybridized carbons (Fsp3) is 0.261. The van der Waals surface area contributed by atoms with Gasteiger partial charge in [0.1, 0.15) is 17.4 Å². The summed E-state index contributed by atoms with van der Waals surface area (Å²) in [6.45, 7) is 0.695. The maximum absolute atomic E-state index is 14.1. The first-order chi connectivity index (χ1) is 15.5. The molecule has 1 unspecified atom stereocenters. The van der Waals surface area contributed by atoms with Crippen LogP contribution in [0.3, 0.4) is 0 Å². The minimum Gasteiger partial charge on any atom is -0.340 e. The molecule has 3 aromatic rings. The lowest BCUT2D eigenvalue weighted by Gasteiger charge is -2.32. The summed E-state index contributed by atoms with van der Waals surface area (Å²) in [6, 6.07) is 13.0. The number of hydrogen-bond acceptors (Lipinski definition) is 6. The van der Waals surface area contributed by atoms with Gasteiger partial charge in [-0.2, -0.15) is 0 Å². The highest BCUT2D eigenvalue weighted by Crippen LogP contribution is 2.33. The maximum Gasteiger partial charge on any atom is 0.262 e. The van der Waals surface area contributed by atoms with E-state index in [9.17, 15) is 18.8 Å². The van der Waals surface area contributed by atoms with Crippen LogP contribution in [-0.4, -0.2) is 57.4 Å². The molecule has 5 rings (SSSR count). The molecule has 1 saturated heterocycles. The van der Waals surface area contributed by atoms with Gasteiger partial charge in [0.05, 0.1) is 11.1 Å². The van der Waals surface area contributed by atoms with E-state index in [0.717, 1.165) is 22.7 Å². The molecule has 3 heterocycles. The molecule has 0 spiro atoms. The molecular formula is C23H19FN4O3S. The summed E-state index contributed by atoms with van der Waals surface area (Å²) in [4.78, 5) is 40.7. The molecule has 2 aliphatic heterocycles. The minimum atomic E-state index is -0.439. The van der Waals surface area contributed by atoms with Crippen molar-refractivity contribution < 1.29 is 18.8 Å². The second-order valence-electron chi connectivity index (χ2n) is 7.85. The van der Waals surface area contributed by atoms with Crippen molar-refractivity contribution in [3.63, 3.8) is 0 Å². The van der Waals surface area contributed by atoms with Gasteiger partial charge in [-0.05, 0) is 37.1 Å². The summed E-state index contributed by atoms with van der Waals surface area (Å²) in [5.74, 6) is -1.52. The molecule has 2 aromatic carbocycles. The van der Waals surface area contributed by atoms with Crippen LogP contribution in [0.5, 0.6) is 0 Å². The summed E-state index contributed by atoms with van der Waals surface area (Å²) in [7, 11) is 0. The van der Waals surface area contributed by atoms with Gasteiger partial charge < -0.3 is 4.90 Å². The van der Waals surface area contributed by atoms with Crippen LogP contribution >= 0.6 is 11.3 Å². The van der Waals surface area contributed by atoms with Crippen molar-refractivity contribution in [2.24, 2.45) is 0 Å². The molecular weight excluding hydrogens is 431 g/mol. The predicted molar refractivity (Wildman–Crippen MR) is 116 cm³/mol. The van der Waals surface area contributed by atoms with Crippen molar-refractivity contribution in [1.29, 1.82) is 0 Å². The van der Waals surface area contributed by atoms with Crippen LogP contribution in [0.1, 0.15) is 44.5 Å². The molecule has 1 atom stereocenters. The van der Waals surface area contributed by atoms with E-state index < -0.39 is 11.8 Å².